The van der Waals surface area contributed by atoms with Crippen molar-refractivity contribution < 1.29 is 27.4 Å². The number of amides is 1. The number of alkyl halides is 3. The van der Waals surface area contributed by atoms with Crippen LogP contribution in [0.5, 0.6) is 5.75 Å². The quantitative estimate of drug-likeness (QED) is 0.541. The molecule has 174 valence electrons. The zero-order valence-electron chi connectivity index (χ0n) is 17.8. The number of aryl methyl sites for hydroxylation is 1. The molecule has 33 heavy (non-hydrogen) atoms. The van der Waals surface area contributed by atoms with Crippen molar-refractivity contribution in [3.8, 4) is 16.3 Å². The first kappa shape index (κ1) is 23.1. The van der Waals surface area contributed by atoms with Crippen LogP contribution in [0.25, 0.3) is 10.6 Å². The van der Waals surface area contributed by atoms with Gasteiger partial charge in [0.1, 0.15) is 10.8 Å². The third-order valence-corrected chi connectivity index (χ3v) is 5.93. The standard InChI is InChI=1S/C22H21F3N4O3S/c1-12-9-26-20(33-12)15-6-14(7-17(8-15)32-18-4-3-5-31-18)19(30)29-13(2)16-10-27-21(28-11-16)22(23,24)25/h6-11,13,18H,3-5H2,1-2H3,(H,29,30)/t13?,18-/m0/s1. The van der Waals surface area contributed by atoms with Crippen LogP contribution in [-0.2, 0) is 10.9 Å². The van der Waals surface area contributed by atoms with Gasteiger partial charge in [-0.3, -0.25) is 4.79 Å². The Hall–Kier alpha value is -3.05. The largest absolute Gasteiger partial charge is 0.465 e. The van der Waals surface area contributed by atoms with E-state index in [-0.39, 0.29) is 6.29 Å². The number of rotatable bonds is 6. The third-order valence-electron chi connectivity index (χ3n) is 4.97. The second-order valence-corrected chi connectivity index (χ2v) is 8.85. The molecular weight excluding hydrogens is 457 g/mol. The first-order valence-corrected chi connectivity index (χ1v) is 11.1. The summed E-state index contributed by atoms with van der Waals surface area (Å²) in [6, 6.07) is 4.50. The van der Waals surface area contributed by atoms with Crippen LogP contribution < -0.4 is 10.1 Å². The van der Waals surface area contributed by atoms with Gasteiger partial charge in [0.15, 0.2) is 6.29 Å². The van der Waals surface area contributed by atoms with Crippen molar-refractivity contribution in [2.24, 2.45) is 0 Å². The summed E-state index contributed by atoms with van der Waals surface area (Å²) >= 11 is 1.49. The lowest BCUT2D eigenvalue weighted by atomic mass is 10.1. The first-order valence-electron chi connectivity index (χ1n) is 10.2. The first-order chi connectivity index (χ1) is 15.7. The maximum Gasteiger partial charge on any atom is 0.451 e. The van der Waals surface area contributed by atoms with Crippen LogP contribution in [0.4, 0.5) is 13.2 Å². The number of aromatic nitrogens is 3. The lowest BCUT2D eigenvalue weighted by Gasteiger charge is -2.17. The van der Waals surface area contributed by atoms with Crippen LogP contribution in [-0.4, -0.2) is 33.8 Å². The van der Waals surface area contributed by atoms with Gasteiger partial charge in [-0.1, -0.05) is 0 Å². The van der Waals surface area contributed by atoms with Gasteiger partial charge in [0.05, 0.1) is 12.6 Å². The number of nitrogens with one attached hydrogen (secondary N) is 1. The van der Waals surface area contributed by atoms with E-state index < -0.39 is 23.9 Å². The molecule has 0 radical (unpaired) electrons. The van der Waals surface area contributed by atoms with Crippen molar-refractivity contribution in [2.45, 2.75) is 45.2 Å². The SMILES string of the molecule is Cc1cnc(-c2cc(O[C@H]3CCCO3)cc(C(=O)NC(C)c3cnc(C(F)(F)F)nc3)c2)s1. The Morgan fingerprint density at radius 2 is 1.97 bits per heavy atom. The van der Waals surface area contributed by atoms with Crippen molar-refractivity contribution in [3.05, 3.63) is 58.6 Å². The molecular formula is C22H21F3N4O3S. The molecule has 0 spiro atoms. The zero-order valence-corrected chi connectivity index (χ0v) is 18.7. The van der Waals surface area contributed by atoms with Gasteiger partial charge >= 0.3 is 6.18 Å². The highest BCUT2D eigenvalue weighted by Gasteiger charge is 2.34. The fourth-order valence-electron chi connectivity index (χ4n) is 3.27. The molecule has 1 fully saturated rings. The topological polar surface area (TPSA) is 86.2 Å². The summed E-state index contributed by atoms with van der Waals surface area (Å²) in [6.45, 7) is 4.20. The Bertz CT molecular complexity index is 1130. The van der Waals surface area contributed by atoms with E-state index in [1.54, 1.807) is 25.3 Å². The summed E-state index contributed by atoms with van der Waals surface area (Å²) in [6.07, 6.45) is 0.517. The predicted molar refractivity (Wildman–Crippen MR) is 115 cm³/mol. The summed E-state index contributed by atoms with van der Waals surface area (Å²) in [5.41, 5.74) is 1.39. The number of benzene rings is 1. The number of carbonyl (C=O) groups excluding carboxylic acids is 1. The number of thiazole rings is 1. The van der Waals surface area contributed by atoms with Gasteiger partial charge in [0, 0.05) is 46.6 Å². The van der Waals surface area contributed by atoms with E-state index in [4.69, 9.17) is 9.47 Å². The van der Waals surface area contributed by atoms with Crippen molar-refractivity contribution in [3.63, 3.8) is 0 Å². The van der Waals surface area contributed by atoms with Gasteiger partial charge in [-0.2, -0.15) is 13.2 Å². The third kappa shape index (κ3) is 5.66. The maximum atomic E-state index is 13.0. The molecule has 3 aromatic rings. The highest BCUT2D eigenvalue weighted by molar-refractivity contribution is 7.14. The van der Waals surface area contributed by atoms with Crippen LogP contribution in [0, 0.1) is 6.92 Å². The van der Waals surface area contributed by atoms with Gasteiger partial charge < -0.3 is 14.8 Å². The van der Waals surface area contributed by atoms with E-state index in [2.05, 4.69) is 20.3 Å². The summed E-state index contributed by atoms with van der Waals surface area (Å²) in [5.74, 6) is -1.18. The Balaban J connectivity index is 1.56. The molecule has 1 aromatic carbocycles. The zero-order chi connectivity index (χ0) is 23.6. The number of hydrogen-bond acceptors (Lipinski definition) is 7. The maximum absolute atomic E-state index is 13.0. The minimum Gasteiger partial charge on any atom is -0.465 e. The molecule has 7 nitrogen and oxygen atoms in total. The van der Waals surface area contributed by atoms with Crippen LogP contribution in [0.1, 0.15) is 52.4 Å². The van der Waals surface area contributed by atoms with Crippen LogP contribution in [0.2, 0.25) is 0 Å². The Morgan fingerprint density at radius 1 is 1.21 bits per heavy atom. The smallest absolute Gasteiger partial charge is 0.451 e. The minimum atomic E-state index is -4.63. The van der Waals surface area contributed by atoms with Crippen LogP contribution >= 0.6 is 11.3 Å². The monoisotopic (exact) mass is 478 g/mol. The lowest BCUT2D eigenvalue weighted by Crippen LogP contribution is -2.27. The molecule has 1 N–H and O–H groups in total. The Labute approximate surface area is 192 Å². The molecule has 0 saturated carbocycles. The highest BCUT2D eigenvalue weighted by Crippen LogP contribution is 2.31. The van der Waals surface area contributed by atoms with Crippen LogP contribution in [0.15, 0.2) is 36.8 Å². The summed E-state index contributed by atoms with van der Waals surface area (Å²) in [7, 11) is 0. The number of hydrogen-bond donors (Lipinski definition) is 1. The molecule has 1 saturated heterocycles. The van der Waals surface area contributed by atoms with Gasteiger partial charge in [-0.25, -0.2) is 15.0 Å². The minimum absolute atomic E-state index is 0.327. The van der Waals surface area contributed by atoms with Gasteiger partial charge in [-0.15, -0.1) is 11.3 Å². The Morgan fingerprint density at radius 3 is 2.58 bits per heavy atom. The molecule has 2 aromatic heterocycles. The predicted octanol–water partition coefficient (Wildman–Crippen LogP) is 4.93. The van der Waals surface area contributed by atoms with Gasteiger partial charge in [-0.05, 0) is 38.5 Å². The summed E-state index contributed by atoms with van der Waals surface area (Å²) in [4.78, 5) is 25.1. The van der Waals surface area contributed by atoms with E-state index in [0.29, 0.717) is 23.5 Å². The molecule has 4 rings (SSSR count). The van der Waals surface area contributed by atoms with Crippen LogP contribution in [0.3, 0.4) is 0 Å². The number of halogens is 3. The van der Waals surface area contributed by atoms with Crippen molar-refractivity contribution in [2.75, 3.05) is 6.61 Å². The lowest BCUT2D eigenvalue weighted by molar-refractivity contribution is -0.145. The Kier molecular flexibility index (Phi) is 6.61. The average molecular weight is 478 g/mol. The van der Waals surface area contributed by atoms with E-state index >= 15 is 0 Å². The average Bonchev–Trinajstić information content (AvgIpc) is 3.44. The molecule has 2 atom stereocenters. The fraction of sp³-hybridized carbons (Fsp3) is 0.364. The van der Waals surface area contributed by atoms with Crippen molar-refractivity contribution in [1.82, 2.24) is 20.3 Å². The molecule has 1 unspecified atom stereocenters. The van der Waals surface area contributed by atoms with Gasteiger partial charge in [0.25, 0.3) is 5.91 Å². The normalized spacial score (nSPS) is 17.1. The second-order valence-electron chi connectivity index (χ2n) is 7.62. The van der Waals surface area contributed by atoms with Gasteiger partial charge in [0.2, 0.25) is 5.82 Å². The number of carbonyl (C=O) groups is 1. The highest BCUT2D eigenvalue weighted by atomic mass is 32.1. The molecule has 1 aliphatic rings. The molecule has 11 heteroatoms. The van der Waals surface area contributed by atoms with E-state index in [0.717, 1.165) is 40.7 Å². The molecule has 1 amide bonds. The number of ether oxygens (including phenoxy) is 2. The fourth-order valence-corrected chi connectivity index (χ4v) is 4.03. The molecule has 0 bridgehead atoms. The molecule has 0 aliphatic carbocycles. The van der Waals surface area contributed by atoms with Crippen molar-refractivity contribution >= 4 is 17.2 Å². The molecule has 1 aliphatic heterocycles. The molecule has 3 heterocycles. The van der Waals surface area contributed by atoms with Crippen molar-refractivity contribution in [1.29, 1.82) is 0 Å². The van der Waals surface area contributed by atoms with E-state index in [9.17, 15) is 18.0 Å². The van der Waals surface area contributed by atoms with E-state index in [1.165, 1.54) is 11.3 Å². The van der Waals surface area contributed by atoms with E-state index in [1.807, 2.05) is 13.0 Å². The summed E-state index contributed by atoms with van der Waals surface area (Å²) in [5, 5.41) is 3.51. The summed E-state index contributed by atoms with van der Waals surface area (Å²) < 4.78 is 49.5. The second kappa shape index (κ2) is 9.44. The number of nitrogens with zero attached hydrogens (tertiary/aromatic N) is 3.